The standard InChI is InChI=1S/C14H23N3O2S/c1-16-20(18,19)12-7-8-14(13(15)11-12)17-9-5-3-2-4-6-10-17/h7-8,11,16H,2-6,9-10,15H2,1H3. The minimum atomic E-state index is -3.43. The van der Waals surface area contributed by atoms with Crippen molar-refractivity contribution in [2.75, 3.05) is 30.8 Å². The minimum absolute atomic E-state index is 0.216. The SMILES string of the molecule is CNS(=O)(=O)c1ccc(N2CCCCCCC2)c(N)c1. The van der Waals surface area contributed by atoms with Gasteiger partial charge < -0.3 is 10.6 Å². The van der Waals surface area contributed by atoms with Crippen LogP contribution in [0.4, 0.5) is 11.4 Å². The Morgan fingerprint density at radius 2 is 1.70 bits per heavy atom. The lowest BCUT2D eigenvalue weighted by molar-refractivity contribution is 0.556. The van der Waals surface area contributed by atoms with Crippen molar-refractivity contribution in [3.63, 3.8) is 0 Å². The quantitative estimate of drug-likeness (QED) is 0.836. The summed E-state index contributed by atoms with van der Waals surface area (Å²) in [6, 6.07) is 4.98. The number of hydrogen-bond acceptors (Lipinski definition) is 4. The van der Waals surface area contributed by atoms with Crippen LogP contribution in [-0.4, -0.2) is 28.6 Å². The molecule has 1 fully saturated rings. The maximum Gasteiger partial charge on any atom is 0.240 e. The third-order valence-electron chi connectivity index (χ3n) is 3.77. The number of benzene rings is 1. The van der Waals surface area contributed by atoms with Crippen molar-refractivity contribution in [2.24, 2.45) is 0 Å². The maximum absolute atomic E-state index is 11.8. The first kappa shape index (κ1) is 15.1. The molecule has 20 heavy (non-hydrogen) atoms. The van der Waals surface area contributed by atoms with Gasteiger partial charge in [0.15, 0.2) is 0 Å². The van der Waals surface area contributed by atoms with E-state index in [4.69, 9.17) is 5.73 Å². The van der Waals surface area contributed by atoms with Gasteiger partial charge in [0.25, 0.3) is 0 Å². The summed E-state index contributed by atoms with van der Waals surface area (Å²) in [5.74, 6) is 0. The van der Waals surface area contributed by atoms with E-state index in [1.165, 1.54) is 26.3 Å². The van der Waals surface area contributed by atoms with Gasteiger partial charge in [-0.3, -0.25) is 0 Å². The Hall–Kier alpha value is -1.27. The molecule has 1 aliphatic rings. The average Bonchev–Trinajstić information content (AvgIpc) is 2.39. The topological polar surface area (TPSA) is 75.4 Å². The van der Waals surface area contributed by atoms with E-state index in [0.717, 1.165) is 31.6 Å². The highest BCUT2D eigenvalue weighted by Crippen LogP contribution is 2.28. The van der Waals surface area contributed by atoms with Crippen molar-refractivity contribution in [3.8, 4) is 0 Å². The van der Waals surface area contributed by atoms with Crippen LogP contribution in [0.15, 0.2) is 23.1 Å². The van der Waals surface area contributed by atoms with Gasteiger partial charge in [-0.25, -0.2) is 13.1 Å². The molecule has 1 heterocycles. The number of nitrogens with one attached hydrogen (secondary N) is 1. The van der Waals surface area contributed by atoms with Crippen LogP contribution in [0.25, 0.3) is 0 Å². The number of nitrogen functional groups attached to an aromatic ring is 1. The van der Waals surface area contributed by atoms with Gasteiger partial charge in [0.1, 0.15) is 0 Å². The first-order valence-electron chi connectivity index (χ1n) is 7.12. The zero-order chi connectivity index (χ0) is 14.6. The van der Waals surface area contributed by atoms with Gasteiger partial charge in [0.2, 0.25) is 10.0 Å². The predicted molar refractivity (Wildman–Crippen MR) is 82.4 cm³/mol. The van der Waals surface area contributed by atoms with Crippen molar-refractivity contribution in [3.05, 3.63) is 18.2 Å². The summed E-state index contributed by atoms with van der Waals surface area (Å²) in [6.07, 6.45) is 6.14. The fourth-order valence-electron chi connectivity index (χ4n) is 2.59. The van der Waals surface area contributed by atoms with E-state index in [9.17, 15) is 8.42 Å². The second kappa shape index (κ2) is 6.45. The van der Waals surface area contributed by atoms with Gasteiger partial charge in [-0.1, -0.05) is 19.3 Å². The maximum atomic E-state index is 11.8. The second-order valence-corrected chi connectivity index (χ2v) is 7.07. The molecule has 1 aromatic rings. The van der Waals surface area contributed by atoms with Crippen molar-refractivity contribution in [2.45, 2.75) is 37.0 Å². The molecule has 1 aliphatic heterocycles. The lowest BCUT2D eigenvalue weighted by Crippen LogP contribution is -2.28. The summed E-state index contributed by atoms with van der Waals surface area (Å²) >= 11 is 0. The van der Waals surface area contributed by atoms with Crippen LogP contribution in [-0.2, 0) is 10.0 Å². The first-order chi connectivity index (χ1) is 9.54. The van der Waals surface area contributed by atoms with E-state index < -0.39 is 10.0 Å². The number of nitrogens with zero attached hydrogens (tertiary/aromatic N) is 1. The fraction of sp³-hybridized carbons (Fsp3) is 0.571. The summed E-state index contributed by atoms with van der Waals surface area (Å²) in [5.41, 5.74) is 7.54. The number of anilines is 2. The highest BCUT2D eigenvalue weighted by Gasteiger charge is 2.16. The fourth-order valence-corrected chi connectivity index (χ4v) is 3.36. The third kappa shape index (κ3) is 3.43. The zero-order valence-corrected chi connectivity index (χ0v) is 12.7. The van der Waals surface area contributed by atoms with Crippen LogP contribution in [0.1, 0.15) is 32.1 Å². The Bertz CT molecular complexity index is 550. The Morgan fingerprint density at radius 3 is 2.25 bits per heavy atom. The van der Waals surface area contributed by atoms with Crippen LogP contribution < -0.4 is 15.4 Å². The Balaban J connectivity index is 2.24. The molecule has 0 aromatic heterocycles. The number of sulfonamides is 1. The molecule has 0 unspecified atom stereocenters. The van der Waals surface area contributed by atoms with E-state index in [-0.39, 0.29) is 4.90 Å². The van der Waals surface area contributed by atoms with Gasteiger partial charge in [-0.15, -0.1) is 0 Å². The number of rotatable bonds is 3. The summed E-state index contributed by atoms with van der Waals surface area (Å²) < 4.78 is 25.8. The van der Waals surface area contributed by atoms with Crippen LogP contribution in [0.5, 0.6) is 0 Å². The molecule has 0 spiro atoms. The summed E-state index contributed by atoms with van der Waals surface area (Å²) in [4.78, 5) is 2.48. The van der Waals surface area contributed by atoms with Crippen LogP contribution in [0.2, 0.25) is 0 Å². The molecular weight excluding hydrogens is 274 g/mol. The molecule has 112 valence electrons. The molecule has 0 radical (unpaired) electrons. The Morgan fingerprint density at radius 1 is 1.10 bits per heavy atom. The third-order valence-corrected chi connectivity index (χ3v) is 5.19. The summed E-state index contributed by atoms with van der Waals surface area (Å²) in [7, 11) is -2.03. The lowest BCUT2D eigenvalue weighted by atomic mass is 10.1. The molecule has 6 heteroatoms. The smallest absolute Gasteiger partial charge is 0.240 e. The van der Waals surface area contributed by atoms with E-state index in [1.54, 1.807) is 12.1 Å². The number of nitrogens with two attached hydrogens (primary N) is 1. The van der Waals surface area contributed by atoms with Gasteiger partial charge in [-0.05, 0) is 38.1 Å². The molecule has 0 aliphatic carbocycles. The van der Waals surface area contributed by atoms with Crippen molar-refractivity contribution in [1.29, 1.82) is 0 Å². The van der Waals surface area contributed by atoms with Crippen LogP contribution in [0, 0.1) is 0 Å². The van der Waals surface area contributed by atoms with E-state index in [2.05, 4.69) is 9.62 Å². The van der Waals surface area contributed by atoms with Crippen LogP contribution >= 0.6 is 0 Å². The molecule has 0 amide bonds. The van der Waals surface area contributed by atoms with E-state index >= 15 is 0 Å². The van der Waals surface area contributed by atoms with Crippen molar-refractivity contribution >= 4 is 21.4 Å². The second-order valence-electron chi connectivity index (χ2n) is 5.18. The Kier molecular flexibility index (Phi) is 4.88. The van der Waals surface area contributed by atoms with E-state index in [0.29, 0.717) is 5.69 Å². The van der Waals surface area contributed by atoms with Gasteiger partial charge in [0.05, 0.1) is 16.3 Å². The molecule has 1 saturated heterocycles. The molecule has 5 nitrogen and oxygen atoms in total. The van der Waals surface area contributed by atoms with Crippen molar-refractivity contribution in [1.82, 2.24) is 4.72 Å². The van der Waals surface area contributed by atoms with Gasteiger partial charge in [-0.2, -0.15) is 0 Å². The van der Waals surface area contributed by atoms with Crippen molar-refractivity contribution < 1.29 is 8.42 Å². The molecule has 2 rings (SSSR count). The lowest BCUT2D eigenvalue weighted by Gasteiger charge is -2.28. The largest absolute Gasteiger partial charge is 0.397 e. The Labute approximate surface area is 121 Å². The molecule has 0 saturated carbocycles. The highest BCUT2D eigenvalue weighted by atomic mass is 32.2. The highest BCUT2D eigenvalue weighted by molar-refractivity contribution is 7.89. The molecule has 0 atom stereocenters. The van der Waals surface area contributed by atoms with Gasteiger partial charge in [0, 0.05) is 13.1 Å². The molecule has 3 N–H and O–H groups in total. The molecule has 0 bridgehead atoms. The normalized spacial score (nSPS) is 17.6. The molecule has 1 aromatic carbocycles. The van der Waals surface area contributed by atoms with E-state index in [1.807, 2.05) is 6.07 Å². The first-order valence-corrected chi connectivity index (χ1v) is 8.61. The number of hydrogen-bond donors (Lipinski definition) is 2. The predicted octanol–water partition coefficient (Wildman–Crippen LogP) is 1.95. The van der Waals surface area contributed by atoms with Gasteiger partial charge >= 0.3 is 0 Å². The van der Waals surface area contributed by atoms with Crippen LogP contribution in [0.3, 0.4) is 0 Å². The summed E-state index contributed by atoms with van der Waals surface area (Å²) in [5, 5.41) is 0. The summed E-state index contributed by atoms with van der Waals surface area (Å²) in [6.45, 7) is 1.98. The zero-order valence-electron chi connectivity index (χ0n) is 11.9. The minimum Gasteiger partial charge on any atom is -0.397 e. The average molecular weight is 297 g/mol. The monoisotopic (exact) mass is 297 g/mol. The molecular formula is C14H23N3O2S.